The first-order chi connectivity index (χ1) is 28.4. The van der Waals surface area contributed by atoms with Crippen molar-refractivity contribution in [3.63, 3.8) is 0 Å². The molecule has 0 saturated carbocycles. The van der Waals surface area contributed by atoms with E-state index >= 15 is 0 Å². The molecule has 0 saturated heterocycles. The summed E-state index contributed by atoms with van der Waals surface area (Å²) in [6, 6.07) is 57.3. The molecule has 0 bridgehead atoms. The van der Waals surface area contributed by atoms with E-state index in [-0.39, 0.29) is 41.4 Å². The van der Waals surface area contributed by atoms with Gasteiger partial charge in [0.1, 0.15) is 0 Å². The zero-order valence-electron chi connectivity index (χ0n) is 32.5. The molecule has 8 aromatic rings. The molecule has 0 amide bonds. The molecule has 0 aliphatic carbocycles. The first-order valence-electron chi connectivity index (χ1n) is 19.2. The van der Waals surface area contributed by atoms with Crippen molar-refractivity contribution in [2.45, 2.75) is 26.2 Å². The Bertz CT molecular complexity index is 2740. The predicted molar refractivity (Wildman–Crippen MR) is 235 cm³/mol. The molecule has 5 aromatic carbocycles. The van der Waals surface area contributed by atoms with Crippen LogP contribution in [0.2, 0.25) is 0 Å². The largest absolute Gasteiger partial charge is 0 e. The number of ether oxygens (including phenoxy) is 1. The van der Waals surface area contributed by atoms with E-state index in [0.717, 1.165) is 62.5 Å². The number of benzene rings is 5. The molecule has 2 aliphatic rings. The van der Waals surface area contributed by atoms with Crippen LogP contribution in [0.3, 0.4) is 0 Å². The van der Waals surface area contributed by atoms with E-state index in [0.29, 0.717) is 11.5 Å². The minimum absolute atomic E-state index is 0. The van der Waals surface area contributed by atoms with Crippen molar-refractivity contribution in [3.8, 4) is 33.8 Å². The van der Waals surface area contributed by atoms with Gasteiger partial charge >= 0.3 is 240 Å². The molecule has 0 unspecified atom stereocenters. The zero-order chi connectivity index (χ0) is 39.2. The fraction of sp³-hybridized carbons (Fsp3) is 0.0800. The summed E-state index contributed by atoms with van der Waals surface area (Å²) in [6.45, 7) is 8.75. The van der Waals surface area contributed by atoms with E-state index in [1.54, 1.807) is 0 Å². The maximum absolute atomic E-state index is 6.61. The summed E-state index contributed by atoms with van der Waals surface area (Å²) in [7, 11) is 0. The normalized spacial score (nSPS) is 13.0. The molecule has 0 atom stereocenters. The number of hydrogen-bond donors (Lipinski definition) is 0. The van der Waals surface area contributed by atoms with Gasteiger partial charge in [0, 0.05) is 38.4 Å². The molecule has 7 nitrogen and oxygen atoms in total. The van der Waals surface area contributed by atoms with Crippen LogP contribution in [0, 0.1) is 18.8 Å². The molecule has 292 valence electrons. The molecular weight excluding hydrogens is 975 g/mol. The average Bonchev–Trinajstić information content (AvgIpc) is 3.65. The number of aromatic nitrogens is 3. The Morgan fingerprint density at radius 2 is 1.27 bits per heavy atom. The van der Waals surface area contributed by atoms with Crippen molar-refractivity contribution in [2.75, 3.05) is 14.7 Å². The SMILES string of the molecule is CC(C)(C)c1ccnc(N2c3[c-]c(Oc4[c-]c(N5[CH-]N(c6c(-c7ccccc7)cccc6-c6ccccc6)c6ncccc65)ccc4)ccc3[Se]c3cccnc32)c1.[Pt]. The van der Waals surface area contributed by atoms with Gasteiger partial charge in [0.15, 0.2) is 0 Å². The van der Waals surface area contributed by atoms with Gasteiger partial charge in [-0.2, -0.15) is 0 Å². The van der Waals surface area contributed by atoms with Gasteiger partial charge in [0.25, 0.3) is 0 Å². The van der Waals surface area contributed by atoms with Gasteiger partial charge in [-0.1, -0.05) is 78.9 Å². The molecule has 0 N–H and O–H groups in total. The smallest absolute Gasteiger partial charge is 0 e. The molecule has 0 radical (unpaired) electrons. The van der Waals surface area contributed by atoms with Crippen molar-refractivity contribution in [1.29, 1.82) is 0 Å². The van der Waals surface area contributed by atoms with Crippen LogP contribution < -0.4 is 28.4 Å². The van der Waals surface area contributed by atoms with Crippen LogP contribution in [0.15, 0.2) is 164 Å². The van der Waals surface area contributed by atoms with Crippen LogP contribution in [0.25, 0.3) is 22.3 Å². The number of anilines is 7. The summed E-state index contributed by atoms with van der Waals surface area (Å²) >= 11 is 0.0382. The molecule has 10 rings (SSSR count). The van der Waals surface area contributed by atoms with Crippen molar-refractivity contribution in [3.05, 3.63) is 189 Å². The quantitative estimate of drug-likeness (QED) is 0.116. The average molecular weight is 1010 g/mol. The van der Waals surface area contributed by atoms with E-state index in [1.165, 1.54) is 14.5 Å². The molecule has 0 spiro atoms. The van der Waals surface area contributed by atoms with Gasteiger partial charge in [0.05, 0.1) is 0 Å². The second-order valence-electron chi connectivity index (χ2n) is 15.1. The standard InChI is InChI=1S/C50H37N6OSe.Pt/c1-50(2,3)36-26-29-51-46(30-36)56-43-32-39(24-25-44(43)58-45-23-13-28-53-49(45)56)57-38-19-10-18-37(31-38)54-33-55(48-42(54)22-12-27-52-48)47-40(34-14-6-4-7-15-34)20-11-21-41(47)35-16-8-5-9-17-35;/h4-30,33H,1-3H3;/q-3;. The second-order valence-corrected chi connectivity index (χ2v) is 17.4. The first kappa shape index (κ1) is 38.5. The Kier molecular flexibility index (Phi) is 10.4. The third-order valence-electron chi connectivity index (χ3n) is 10.3. The summed E-state index contributed by atoms with van der Waals surface area (Å²) in [5.74, 6) is 3.65. The second kappa shape index (κ2) is 16.0. The predicted octanol–water partition coefficient (Wildman–Crippen LogP) is 10.7. The van der Waals surface area contributed by atoms with Gasteiger partial charge in [-0.05, 0) is 11.1 Å². The Balaban J connectivity index is 0.00000449. The Morgan fingerprint density at radius 1 is 0.593 bits per heavy atom. The number of hydrogen-bond acceptors (Lipinski definition) is 7. The van der Waals surface area contributed by atoms with Crippen molar-refractivity contribution in [2.24, 2.45) is 0 Å². The molecular formula is C50H37N6OPtSe-3. The molecule has 3 aromatic heterocycles. The van der Waals surface area contributed by atoms with E-state index < -0.39 is 0 Å². The first-order valence-corrected chi connectivity index (χ1v) is 20.9. The van der Waals surface area contributed by atoms with Gasteiger partial charge in [-0.25, -0.2) is 0 Å². The van der Waals surface area contributed by atoms with Crippen LogP contribution in [-0.2, 0) is 26.5 Å². The van der Waals surface area contributed by atoms with Crippen LogP contribution in [0.5, 0.6) is 11.5 Å². The molecule has 2 aliphatic heterocycles. The van der Waals surface area contributed by atoms with Gasteiger partial charge in [0.2, 0.25) is 0 Å². The topological polar surface area (TPSA) is 57.6 Å². The fourth-order valence-corrected chi connectivity index (χ4v) is 9.54. The number of nitrogens with zero attached hydrogens (tertiary/aromatic N) is 6. The van der Waals surface area contributed by atoms with E-state index in [1.807, 2.05) is 67.1 Å². The number of para-hydroxylation sites is 1. The van der Waals surface area contributed by atoms with Gasteiger partial charge in [-0.15, -0.1) is 0 Å². The van der Waals surface area contributed by atoms with E-state index in [9.17, 15) is 0 Å². The number of fused-ring (bicyclic) bond motifs is 3. The molecule has 9 heteroatoms. The number of rotatable bonds is 7. The maximum atomic E-state index is 6.61. The number of pyridine rings is 3. The summed E-state index contributed by atoms with van der Waals surface area (Å²) < 4.78 is 8.99. The maximum Gasteiger partial charge on any atom is 0 e. The van der Waals surface area contributed by atoms with Crippen LogP contribution >= 0.6 is 0 Å². The molecule has 0 fully saturated rings. The monoisotopic (exact) mass is 1010 g/mol. The molecule has 59 heavy (non-hydrogen) atoms. The minimum Gasteiger partial charge on any atom is 0 e. The van der Waals surface area contributed by atoms with Gasteiger partial charge in [-0.3, -0.25) is 0 Å². The van der Waals surface area contributed by atoms with Crippen molar-refractivity contribution in [1.82, 2.24) is 15.0 Å². The van der Waals surface area contributed by atoms with Crippen LogP contribution in [0.1, 0.15) is 26.3 Å². The molecule has 5 heterocycles. The summed E-state index contributed by atoms with van der Waals surface area (Å²) in [6.07, 6.45) is 5.57. The zero-order valence-corrected chi connectivity index (χ0v) is 36.5. The van der Waals surface area contributed by atoms with Crippen molar-refractivity contribution >= 4 is 64.1 Å². The fourth-order valence-electron chi connectivity index (χ4n) is 7.45. The van der Waals surface area contributed by atoms with Crippen LogP contribution in [0.4, 0.5) is 40.2 Å². The Morgan fingerprint density at radius 3 is 2.00 bits per heavy atom. The summed E-state index contributed by atoms with van der Waals surface area (Å²) in [5.41, 5.74) is 9.31. The van der Waals surface area contributed by atoms with Crippen LogP contribution in [-0.4, -0.2) is 29.9 Å². The minimum atomic E-state index is -0.0431. The van der Waals surface area contributed by atoms with E-state index in [2.05, 4.69) is 151 Å². The summed E-state index contributed by atoms with van der Waals surface area (Å²) in [4.78, 5) is 21.1. The Labute approximate surface area is 365 Å². The third-order valence-corrected chi connectivity index (χ3v) is 12.6. The van der Waals surface area contributed by atoms with Gasteiger partial charge < -0.3 is 0 Å². The van der Waals surface area contributed by atoms with E-state index in [4.69, 9.17) is 19.7 Å². The summed E-state index contributed by atoms with van der Waals surface area (Å²) in [5, 5.41) is 0. The van der Waals surface area contributed by atoms with Crippen molar-refractivity contribution < 1.29 is 25.8 Å². The Hall–Kier alpha value is -6.04. The third kappa shape index (κ3) is 7.34.